The molecule has 0 amide bonds. The molecule has 0 aliphatic rings. The third-order valence-electron chi connectivity index (χ3n) is 2.71. The second kappa shape index (κ2) is 4.83. The highest BCUT2D eigenvalue weighted by Crippen LogP contribution is 2.12. The smallest absolute Gasteiger partial charge is 0.251 e. The maximum absolute atomic E-state index is 11.7. The zero-order chi connectivity index (χ0) is 12.3. The van der Waals surface area contributed by atoms with E-state index in [4.69, 9.17) is 0 Å². The molecule has 1 N–H and O–H groups in total. The summed E-state index contributed by atoms with van der Waals surface area (Å²) in [5.41, 5.74) is 3.82. The molecule has 0 aliphatic heterocycles. The van der Waals surface area contributed by atoms with Crippen LogP contribution in [0, 0.1) is 0 Å². The van der Waals surface area contributed by atoms with E-state index < -0.39 is 0 Å². The van der Waals surface area contributed by atoms with Crippen LogP contribution in [-0.2, 0) is 6.42 Å². The number of hydrogen-bond donors (Lipinski definition) is 1. The molecule has 0 bridgehead atoms. The Kier molecular flexibility index (Phi) is 3.24. The summed E-state index contributed by atoms with van der Waals surface area (Å²) in [5, 5.41) is 0. The number of hydrogen-bond acceptors (Lipinski definition) is 1. The van der Waals surface area contributed by atoms with Gasteiger partial charge in [0, 0.05) is 18.2 Å². The molecular formula is C15H15NO. The average Bonchev–Trinajstić information content (AvgIpc) is 2.33. The molecule has 0 aliphatic carbocycles. The Morgan fingerprint density at radius 2 is 2.00 bits per heavy atom. The first kappa shape index (κ1) is 11.4. The molecule has 0 radical (unpaired) electrons. The molecule has 2 rings (SSSR count). The summed E-state index contributed by atoms with van der Waals surface area (Å²) in [5.74, 6) is 0. The number of aromatic nitrogens is 1. The largest absolute Gasteiger partial charge is 0.328 e. The van der Waals surface area contributed by atoms with Gasteiger partial charge in [-0.1, -0.05) is 36.9 Å². The van der Waals surface area contributed by atoms with E-state index in [-0.39, 0.29) is 5.56 Å². The van der Waals surface area contributed by atoms with Crippen molar-refractivity contribution in [1.29, 1.82) is 0 Å². The Hall–Kier alpha value is -2.09. The molecule has 1 heterocycles. The van der Waals surface area contributed by atoms with Crippen LogP contribution in [0.1, 0.15) is 23.6 Å². The van der Waals surface area contributed by atoms with Crippen molar-refractivity contribution in [2.24, 2.45) is 0 Å². The van der Waals surface area contributed by atoms with Crippen LogP contribution in [0.15, 0.2) is 54.0 Å². The van der Waals surface area contributed by atoms with E-state index in [0.717, 1.165) is 22.3 Å². The van der Waals surface area contributed by atoms with Crippen LogP contribution < -0.4 is 5.56 Å². The van der Waals surface area contributed by atoms with Crippen LogP contribution in [0.3, 0.4) is 0 Å². The van der Waals surface area contributed by atoms with Crippen LogP contribution in [-0.4, -0.2) is 4.98 Å². The lowest BCUT2D eigenvalue weighted by atomic mass is 10.0. The minimum absolute atomic E-state index is 0.0288. The molecule has 0 saturated carbocycles. The zero-order valence-corrected chi connectivity index (χ0v) is 9.86. The monoisotopic (exact) mass is 225 g/mol. The van der Waals surface area contributed by atoms with Gasteiger partial charge in [-0.25, -0.2) is 0 Å². The van der Waals surface area contributed by atoms with Gasteiger partial charge < -0.3 is 4.98 Å². The molecular weight excluding hydrogens is 210 g/mol. The molecule has 86 valence electrons. The highest BCUT2D eigenvalue weighted by molar-refractivity contribution is 5.60. The van der Waals surface area contributed by atoms with Gasteiger partial charge >= 0.3 is 0 Å². The van der Waals surface area contributed by atoms with Gasteiger partial charge in [-0.2, -0.15) is 0 Å². The number of allylic oxidation sites excluding steroid dienone is 1. The Bertz CT molecular complexity index is 581. The number of aromatic amines is 1. The molecule has 2 nitrogen and oxygen atoms in total. The van der Waals surface area contributed by atoms with Gasteiger partial charge in [0.2, 0.25) is 0 Å². The molecule has 0 saturated heterocycles. The van der Waals surface area contributed by atoms with Crippen LogP contribution >= 0.6 is 0 Å². The van der Waals surface area contributed by atoms with Crippen molar-refractivity contribution in [3.05, 3.63) is 76.2 Å². The van der Waals surface area contributed by atoms with Crippen LogP contribution in [0.5, 0.6) is 0 Å². The second-order valence-corrected chi connectivity index (χ2v) is 4.19. The topological polar surface area (TPSA) is 32.9 Å². The molecule has 0 atom stereocenters. The first-order valence-electron chi connectivity index (χ1n) is 5.58. The standard InChI is InChI=1S/C15H15NO/c1-11(2)14-9-13(15(17)16-10-14)8-12-6-4-3-5-7-12/h3-7,9-10H,1,8H2,2H3,(H,16,17). The van der Waals surface area contributed by atoms with E-state index in [1.165, 1.54) is 0 Å². The lowest BCUT2D eigenvalue weighted by Crippen LogP contribution is -2.12. The fourth-order valence-corrected chi connectivity index (χ4v) is 1.72. The highest BCUT2D eigenvalue weighted by atomic mass is 16.1. The fraction of sp³-hybridized carbons (Fsp3) is 0.133. The van der Waals surface area contributed by atoms with E-state index in [1.54, 1.807) is 6.20 Å². The van der Waals surface area contributed by atoms with E-state index in [0.29, 0.717) is 6.42 Å². The Labute approximate surface area is 101 Å². The van der Waals surface area contributed by atoms with E-state index in [2.05, 4.69) is 11.6 Å². The number of rotatable bonds is 3. The maximum atomic E-state index is 11.7. The van der Waals surface area contributed by atoms with Crippen molar-refractivity contribution in [3.63, 3.8) is 0 Å². The van der Waals surface area contributed by atoms with Crippen molar-refractivity contribution in [2.45, 2.75) is 13.3 Å². The highest BCUT2D eigenvalue weighted by Gasteiger charge is 2.03. The summed E-state index contributed by atoms with van der Waals surface area (Å²) in [4.78, 5) is 14.5. The fourth-order valence-electron chi connectivity index (χ4n) is 1.72. The number of nitrogens with one attached hydrogen (secondary N) is 1. The summed E-state index contributed by atoms with van der Waals surface area (Å²) >= 11 is 0. The van der Waals surface area contributed by atoms with Crippen molar-refractivity contribution in [3.8, 4) is 0 Å². The normalized spacial score (nSPS) is 10.2. The van der Waals surface area contributed by atoms with Crippen molar-refractivity contribution < 1.29 is 0 Å². The molecule has 2 heteroatoms. The lowest BCUT2D eigenvalue weighted by molar-refractivity contribution is 1.09. The van der Waals surface area contributed by atoms with E-state index in [9.17, 15) is 4.79 Å². The maximum Gasteiger partial charge on any atom is 0.251 e. The molecule has 17 heavy (non-hydrogen) atoms. The predicted molar refractivity (Wildman–Crippen MR) is 71.0 cm³/mol. The molecule has 1 aromatic carbocycles. The van der Waals surface area contributed by atoms with Gasteiger partial charge in [-0.15, -0.1) is 0 Å². The van der Waals surface area contributed by atoms with Gasteiger partial charge in [0.05, 0.1) is 0 Å². The number of benzene rings is 1. The number of H-pyrrole nitrogens is 1. The molecule has 0 spiro atoms. The summed E-state index contributed by atoms with van der Waals surface area (Å²) in [6, 6.07) is 11.9. The minimum atomic E-state index is -0.0288. The first-order valence-corrected chi connectivity index (χ1v) is 5.58. The van der Waals surface area contributed by atoms with Crippen molar-refractivity contribution >= 4 is 5.57 Å². The SMILES string of the molecule is C=C(C)c1c[nH]c(=O)c(Cc2ccccc2)c1. The van der Waals surface area contributed by atoms with Gasteiger partial charge in [-0.3, -0.25) is 4.79 Å². The molecule has 1 aromatic heterocycles. The van der Waals surface area contributed by atoms with Crippen LogP contribution in [0.4, 0.5) is 0 Å². The third kappa shape index (κ3) is 2.72. The zero-order valence-electron chi connectivity index (χ0n) is 9.86. The first-order chi connectivity index (χ1) is 8.16. The minimum Gasteiger partial charge on any atom is -0.328 e. The van der Waals surface area contributed by atoms with Gasteiger partial charge in [0.25, 0.3) is 5.56 Å². The van der Waals surface area contributed by atoms with Crippen molar-refractivity contribution in [1.82, 2.24) is 4.98 Å². The van der Waals surface area contributed by atoms with Gasteiger partial charge in [0.1, 0.15) is 0 Å². The predicted octanol–water partition coefficient (Wildman–Crippen LogP) is 3.00. The molecule has 2 aromatic rings. The third-order valence-corrected chi connectivity index (χ3v) is 2.71. The quantitative estimate of drug-likeness (QED) is 0.855. The average molecular weight is 225 g/mol. The Morgan fingerprint density at radius 3 is 2.65 bits per heavy atom. The Morgan fingerprint density at radius 1 is 1.29 bits per heavy atom. The molecule has 0 fully saturated rings. The van der Waals surface area contributed by atoms with Crippen LogP contribution in [0.25, 0.3) is 5.57 Å². The van der Waals surface area contributed by atoms with Crippen molar-refractivity contribution in [2.75, 3.05) is 0 Å². The summed E-state index contributed by atoms with van der Waals surface area (Å²) in [6.45, 7) is 5.81. The summed E-state index contributed by atoms with van der Waals surface area (Å²) in [7, 11) is 0. The molecule has 0 unspecified atom stereocenters. The lowest BCUT2D eigenvalue weighted by Gasteiger charge is -2.04. The number of pyridine rings is 1. The Balaban J connectivity index is 2.36. The van der Waals surface area contributed by atoms with Gasteiger partial charge in [0.15, 0.2) is 0 Å². The van der Waals surface area contributed by atoms with E-state index in [1.807, 2.05) is 43.3 Å². The summed E-state index contributed by atoms with van der Waals surface area (Å²) < 4.78 is 0. The van der Waals surface area contributed by atoms with E-state index >= 15 is 0 Å². The van der Waals surface area contributed by atoms with Crippen LogP contribution in [0.2, 0.25) is 0 Å². The van der Waals surface area contributed by atoms with Gasteiger partial charge in [-0.05, 0) is 29.7 Å². The second-order valence-electron chi connectivity index (χ2n) is 4.19. The summed E-state index contributed by atoms with van der Waals surface area (Å²) in [6.07, 6.45) is 2.36.